The number of alkyl halides is 1. The van der Waals surface area contributed by atoms with Crippen LogP contribution in [-0.2, 0) is 16.1 Å². The van der Waals surface area contributed by atoms with Gasteiger partial charge in [0.25, 0.3) is 0 Å². The maximum absolute atomic E-state index is 11.3. The van der Waals surface area contributed by atoms with Gasteiger partial charge in [-0.2, -0.15) is 0 Å². The molecule has 0 bridgehead atoms. The summed E-state index contributed by atoms with van der Waals surface area (Å²) in [6.07, 6.45) is 0. The molecule has 0 N–H and O–H groups in total. The molecule has 0 unspecified atom stereocenters. The van der Waals surface area contributed by atoms with E-state index in [0.29, 0.717) is 0 Å². The van der Waals surface area contributed by atoms with Gasteiger partial charge in [-0.25, -0.2) is 0 Å². The minimum atomic E-state index is -0.614. The van der Waals surface area contributed by atoms with Crippen LogP contribution in [-0.4, -0.2) is 28.8 Å². The molecule has 1 aromatic rings. The standard InChI is InChI=1S/C11H13Br2NOS/c12-8-9-1-2-10(13)7-11(9)14-3-5-16(15)6-4-14/h1-2,7H,3-6,8H2. The Hall–Kier alpha value is 0.130. The lowest BCUT2D eigenvalue weighted by atomic mass is 10.2. The van der Waals surface area contributed by atoms with Crippen molar-refractivity contribution in [1.29, 1.82) is 0 Å². The predicted octanol–water partition coefficient (Wildman–Crippen LogP) is 2.91. The molecule has 0 radical (unpaired) electrons. The summed E-state index contributed by atoms with van der Waals surface area (Å²) in [4.78, 5) is 2.32. The Balaban J connectivity index is 2.24. The van der Waals surface area contributed by atoms with Crippen LogP contribution >= 0.6 is 31.9 Å². The normalized spacial score (nSPS) is 17.8. The summed E-state index contributed by atoms with van der Waals surface area (Å²) in [7, 11) is -0.614. The third kappa shape index (κ3) is 2.87. The quantitative estimate of drug-likeness (QED) is 0.750. The van der Waals surface area contributed by atoms with Gasteiger partial charge in [-0.1, -0.05) is 37.9 Å². The summed E-state index contributed by atoms with van der Waals surface area (Å²) < 4.78 is 12.4. The number of halogens is 2. The van der Waals surface area contributed by atoms with E-state index in [-0.39, 0.29) is 0 Å². The van der Waals surface area contributed by atoms with Crippen molar-refractivity contribution in [3.8, 4) is 0 Å². The third-order valence-corrected chi connectivity index (χ3v) is 5.08. The number of nitrogens with zero attached hydrogens (tertiary/aromatic N) is 1. The van der Waals surface area contributed by atoms with E-state index in [2.05, 4.69) is 55.0 Å². The molecule has 1 aliphatic rings. The summed E-state index contributed by atoms with van der Waals surface area (Å²) in [6, 6.07) is 6.33. The molecule has 1 saturated heterocycles. The van der Waals surface area contributed by atoms with E-state index >= 15 is 0 Å². The van der Waals surface area contributed by atoms with Crippen LogP contribution in [0.5, 0.6) is 0 Å². The minimum absolute atomic E-state index is 0.614. The highest BCUT2D eigenvalue weighted by Gasteiger charge is 2.17. The largest absolute Gasteiger partial charge is 0.369 e. The molecule has 1 heterocycles. The molecule has 0 aliphatic carbocycles. The van der Waals surface area contributed by atoms with Gasteiger partial charge in [0.15, 0.2) is 0 Å². The molecule has 0 amide bonds. The molecule has 0 spiro atoms. The Kier molecular flexibility index (Phi) is 4.44. The molecule has 1 aliphatic heterocycles. The molecule has 88 valence electrons. The van der Waals surface area contributed by atoms with Crippen molar-refractivity contribution >= 4 is 48.3 Å². The second-order valence-electron chi connectivity index (χ2n) is 3.74. The summed E-state index contributed by atoms with van der Waals surface area (Å²) in [5, 5.41) is 0.856. The number of benzene rings is 1. The monoisotopic (exact) mass is 365 g/mol. The first-order chi connectivity index (χ1) is 7.70. The first kappa shape index (κ1) is 12.6. The molecular formula is C11H13Br2NOS. The van der Waals surface area contributed by atoms with Crippen molar-refractivity contribution in [3.63, 3.8) is 0 Å². The van der Waals surface area contributed by atoms with Crippen molar-refractivity contribution in [3.05, 3.63) is 28.2 Å². The lowest BCUT2D eigenvalue weighted by Crippen LogP contribution is -2.38. The van der Waals surface area contributed by atoms with Crippen molar-refractivity contribution in [2.75, 3.05) is 29.5 Å². The van der Waals surface area contributed by atoms with E-state index in [4.69, 9.17) is 0 Å². The average Bonchev–Trinajstić information content (AvgIpc) is 2.30. The summed E-state index contributed by atoms with van der Waals surface area (Å²) in [5.41, 5.74) is 2.54. The molecule has 0 saturated carbocycles. The van der Waals surface area contributed by atoms with Crippen LogP contribution in [0.25, 0.3) is 0 Å². The zero-order chi connectivity index (χ0) is 11.5. The van der Waals surface area contributed by atoms with Crippen molar-refractivity contribution < 1.29 is 4.21 Å². The van der Waals surface area contributed by atoms with E-state index in [1.807, 2.05) is 0 Å². The van der Waals surface area contributed by atoms with Crippen LogP contribution in [0.15, 0.2) is 22.7 Å². The van der Waals surface area contributed by atoms with E-state index in [9.17, 15) is 4.21 Å². The molecule has 1 aromatic carbocycles. The summed E-state index contributed by atoms with van der Waals surface area (Å²) >= 11 is 7.01. The number of hydrogen-bond acceptors (Lipinski definition) is 2. The Morgan fingerprint density at radius 2 is 2.00 bits per heavy atom. The van der Waals surface area contributed by atoms with Gasteiger partial charge in [-0.05, 0) is 17.7 Å². The zero-order valence-electron chi connectivity index (χ0n) is 8.79. The molecular weight excluding hydrogens is 354 g/mol. The molecule has 2 rings (SSSR count). The van der Waals surface area contributed by atoms with E-state index in [1.165, 1.54) is 11.3 Å². The Bertz CT molecular complexity index is 401. The zero-order valence-corrected chi connectivity index (χ0v) is 12.8. The van der Waals surface area contributed by atoms with Crippen molar-refractivity contribution in [2.45, 2.75) is 5.33 Å². The number of anilines is 1. The van der Waals surface area contributed by atoms with E-state index in [0.717, 1.165) is 34.4 Å². The maximum atomic E-state index is 11.3. The Labute approximate surface area is 115 Å². The Morgan fingerprint density at radius 3 is 2.62 bits per heavy atom. The van der Waals surface area contributed by atoms with Gasteiger partial charge >= 0.3 is 0 Å². The summed E-state index contributed by atoms with van der Waals surface area (Å²) in [6.45, 7) is 1.78. The third-order valence-electron chi connectivity index (χ3n) is 2.71. The van der Waals surface area contributed by atoms with E-state index < -0.39 is 10.8 Å². The topological polar surface area (TPSA) is 20.3 Å². The van der Waals surface area contributed by atoms with Gasteiger partial charge in [-0.3, -0.25) is 4.21 Å². The highest BCUT2D eigenvalue weighted by molar-refractivity contribution is 9.10. The second kappa shape index (κ2) is 5.65. The smallest absolute Gasteiger partial charge is 0.0419 e. The lowest BCUT2D eigenvalue weighted by molar-refractivity contribution is 0.673. The lowest BCUT2D eigenvalue weighted by Gasteiger charge is -2.30. The second-order valence-corrected chi connectivity index (χ2v) is 6.91. The van der Waals surface area contributed by atoms with Gasteiger partial charge in [-0.15, -0.1) is 0 Å². The van der Waals surface area contributed by atoms with Crippen LogP contribution in [0.1, 0.15) is 5.56 Å². The van der Waals surface area contributed by atoms with Gasteiger partial charge in [0.05, 0.1) is 0 Å². The fourth-order valence-electron chi connectivity index (χ4n) is 1.82. The fourth-order valence-corrected chi connectivity index (χ4v) is 3.70. The number of hydrogen-bond donors (Lipinski definition) is 0. The van der Waals surface area contributed by atoms with E-state index in [1.54, 1.807) is 0 Å². The first-order valence-electron chi connectivity index (χ1n) is 5.15. The summed E-state index contributed by atoms with van der Waals surface area (Å²) in [5.74, 6) is 1.57. The SMILES string of the molecule is O=S1CCN(c2cc(Br)ccc2CBr)CC1. The molecule has 1 fully saturated rings. The van der Waals surface area contributed by atoms with Gasteiger partial charge in [0.1, 0.15) is 0 Å². The van der Waals surface area contributed by atoms with Crippen LogP contribution in [0.4, 0.5) is 5.69 Å². The van der Waals surface area contributed by atoms with Gasteiger partial charge in [0.2, 0.25) is 0 Å². The highest BCUT2D eigenvalue weighted by atomic mass is 79.9. The molecule has 0 aromatic heterocycles. The molecule has 0 atom stereocenters. The maximum Gasteiger partial charge on any atom is 0.0419 e. The molecule has 5 heteroatoms. The fraction of sp³-hybridized carbons (Fsp3) is 0.455. The highest BCUT2D eigenvalue weighted by Crippen LogP contribution is 2.27. The first-order valence-corrected chi connectivity index (χ1v) is 8.55. The van der Waals surface area contributed by atoms with Crippen LogP contribution < -0.4 is 4.90 Å². The Morgan fingerprint density at radius 1 is 1.31 bits per heavy atom. The van der Waals surface area contributed by atoms with Gasteiger partial charge in [0, 0.05) is 50.9 Å². The minimum Gasteiger partial charge on any atom is -0.369 e. The predicted molar refractivity (Wildman–Crippen MR) is 76.9 cm³/mol. The molecule has 16 heavy (non-hydrogen) atoms. The van der Waals surface area contributed by atoms with Crippen LogP contribution in [0, 0.1) is 0 Å². The van der Waals surface area contributed by atoms with Crippen LogP contribution in [0.2, 0.25) is 0 Å². The van der Waals surface area contributed by atoms with Gasteiger partial charge < -0.3 is 4.90 Å². The van der Waals surface area contributed by atoms with Crippen LogP contribution in [0.3, 0.4) is 0 Å². The van der Waals surface area contributed by atoms with Crippen molar-refractivity contribution in [1.82, 2.24) is 0 Å². The number of rotatable bonds is 2. The van der Waals surface area contributed by atoms with Crippen molar-refractivity contribution in [2.24, 2.45) is 0 Å². The average molecular weight is 367 g/mol. The molecule has 2 nitrogen and oxygen atoms in total.